The van der Waals surface area contributed by atoms with E-state index in [-0.39, 0.29) is 18.6 Å². The van der Waals surface area contributed by atoms with Gasteiger partial charge in [0, 0.05) is 0 Å². The van der Waals surface area contributed by atoms with Crippen LogP contribution in [0.25, 0.3) is 0 Å². The molecule has 0 radical (unpaired) electrons. The summed E-state index contributed by atoms with van der Waals surface area (Å²) in [4.78, 5) is 11.8. The lowest BCUT2D eigenvalue weighted by molar-refractivity contribution is -0.151. The summed E-state index contributed by atoms with van der Waals surface area (Å²) in [5.74, 6) is -1.58. The van der Waals surface area contributed by atoms with Crippen molar-refractivity contribution in [2.45, 2.75) is 20.3 Å². The van der Waals surface area contributed by atoms with Gasteiger partial charge in [0.25, 0.3) is 0 Å². The van der Waals surface area contributed by atoms with Gasteiger partial charge in [-0.15, -0.1) is 6.58 Å². The molecule has 0 aromatic heterocycles. The second-order valence-electron chi connectivity index (χ2n) is 4.25. The first-order valence-corrected chi connectivity index (χ1v) is 5.67. The average molecular weight is 254 g/mol. The maximum atomic E-state index is 13.5. The third-order valence-electron chi connectivity index (χ3n) is 2.76. The van der Waals surface area contributed by atoms with Crippen molar-refractivity contribution in [3.63, 3.8) is 0 Å². The number of ether oxygens (including phenoxy) is 1. The zero-order valence-corrected chi connectivity index (χ0v) is 10.5. The topological polar surface area (TPSA) is 26.3 Å². The van der Waals surface area contributed by atoms with E-state index in [0.717, 1.165) is 18.2 Å². The van der Waals surface area contributed by atoms with Gasteiger partial charge in [0.15, 0.2) is 0 Å². The maximum Gasteiger partial charge on any atom is 0.315 e. The summed E-state index contributed by atoms with van der Waals surface area (Å²) >= 11 is 0. The van der Waals surface area contributed by atoms with Gasteiger partial charge in [-0.25, -0.2) is 8.78 Å². The fourth-order valence-corrected chi connectivity index (χ4v) is 1.60. The number of rotatable bonds is 5. The van der Waals surface area contributed by atoms with E-state index >= 15 is 0 Å². The molecule has 4 heteroatoms. The molecule has 0 spiro atoms. The maximum absolute atomic E-state index is 13.5. The highest BCUT2D eigenvalue weighted by Crippen LogP contribution is 2.27. The van der Waals surface area contributed by atoms with Crippen LogP contribution in [-0.2, 0) is 16.0 Å². The van der Waals surface area contributed by atoms with Crippen LogP contribution in [0.4, 0.5) is 8.78 Å². The van der Waals surface area contributed by atoms with Gasteiger partial charge in [-0.2, -0.15) is 0 Å². The summed E-state index contributed by atoms with van der Waals surface area (Å²) in [6.07, 6.45) is 1.41. The molecule has 1 rings (SSSR count). The van der Waals surface area contributed by atoms with Crippen LogP contribution < -0.4 is 0 Å². The smallest absolute Gasteiger partial charge is 0.315 e. The number of halogens is 2. The molecular weight excluding hydrogens is 238 g/mol. The Balaban J connectivity index is 3.01. The highest BCUT2D eigenvalue weighted by Gasteiger charge is 2.32. The normalized spacial score (nSPS) is 13.8. The standard InChI is InChI=1S/C14H16F2O2/c1-4-14(3,13(17)18-5-2)9-10-8-11(15)6-7-12(10)16/h4,6-8H,1,5,9H2,2-3H3. The summed E-state index contributed by atoms with van der Waals surface area (Å²) < 4.78 is 31.5. The molecule has 0 aliphatic heterocycles. The summed E-state index contributed by atoms with van der Waals surface area (Å²) in [6.45, 7) is 7.07. The second kappa shape index (κ2) is 5.76. The molecule has 1 aromatic carbocycles. The predicted molar refractivity (Wildman–Crippen MR) is 65.0 cm³/mol. The molecule has 2 nitrogen and oxygen atoms in total. The van der Waals surface area contributed by atoms with Crippen molar-refractivity contribution in [1.29, 1.82) is 0 Å². The summed E-state index contributed by atoms with van der Waals surface area (Å²) in [6, 6.07) is 3.16. The van der Waals surface area contributed by atoms with Crippen molar-refractivity contribution in [3.05, 3.63) is 48.1 Å². The quantitative estimate of drug-likeness (QED) is 0.595. The van der Waals surface area contributed by atoms with Gasteiger partial charge in [-0.3, -0.25) is 4.79 Å². The van der Waals surface area contributed by atoms with Gasteiger partial charge in [-0.1, -0.05) is 6.08 Å². The van der Waals surface area contributed by atoms with Crippen LogP contribution in [0.2, 0.25) is 0 Å². The van der Waals surface area contributed by atoms with Gasteiger partial charge < -0.3 is 4.74 Å². The first kappa shape index (κ1) is 14.4. The molecule has 0 fully saturated rings. The van der Waals surface area contributed by atoms with Crippen molar-refractivity contribution < 1.29 is 18.3 Å². The van der Waals surface area contributed by atoms with Gasteiger partial charge in [0.1, 0.15) is 11.6 Å². The predicted octanol–water partition coefficient (Wildman–Crippen LogP) is 3.26. The first-order valence-electron chi connectivity index (χ1n) is 5.67. The minimum Gasteiger partial charge on any atom is -0.465 e. The fraction of sp³-hybridized carbons (Fsp3) is 0.357. The lowest BCUT2D eigenvalue weighted by Gasteiger charge is -2.23. The molecule has 0 aliphatic rings. The molecule has 0 N–H and O–H groups in total. The molecule has 1 atom stereocenters. The average Bonchev–Trinajstić information content (AvgIpc) is 2.34. The number of hydrogen-bond donors (Lipinski definition) is 0. The van der Waals surface area contributed by atoms with Crippen LogP contribution in [0.5, 0.6) is 0 Å². The van der Waals surface area contributed by atoms with Crippen LogP contribution in [0, 0.1) is 17.0 Å². The number of carbonyl (C=O) groups is 1. The zero-order chi connectivity index (χ0) is 13.8. The van der Waals surface area contributed by atoms with E-state index in [0.29, 0.717) is 0 Å². The van der Waals surface area contributed by atoms with E-state index in [1.807, 2.05) is 0 Å². The van der Waals surface area contributed by atoms with Gasteiger partial charge in [0.2, 0.25) is 0 Å². The van der Waals surface area contributed by atoms with Crippen molar-refractivity contribution in [2.24, 2.45) is 5.41 Å². The number of hydrogen-bond acceptors (Lipinski definition) is 2. The van der Waals surface area contributed by atoms with E-state index in [1.165, 1.54) is 6.08 Å². The number of carbonyl (C=O) groups excluding carboxylic acids is 1. The van der Waals surface area contributed by atoms with E-state index in [9.17, 15) is 13.6 Å². The van der Waals surface area contributed by atoms with Crippen molar-refractivity contribution >= 4 is 5.97 Å². The molecule has 0 bridgehead atoms. The third kappa shape index (κ3) is 3.15. The Kier molecular flexibility index (Phi) is 4.59. The van der Waals surface area contributed by atoms with Crippen LogP contribution in [0.3, 0.4) is 0 Å². The summed E-state index contributed by atoms with van der Waals surface area (Å²) in [5, 5.41) is 0. The minimum absolute atomic E-state index is 0.0128. The molecule has 0 saturated carbocycles. The van der Waals surface area contributed by atoms with Crippen LogP contribution >= 0.6 is 0 Å². The Morgan fingerprint density at radius 1 is 1.50 bits per heavy atom. The van der Waals surface area contributed by atoms with Crippen molar-refractivity contribution in [1.82, 2.24) is 0 Å². The lowest BCUT2D eigenvalue weighted by atomic mass is 9.83. The third-order valence-corrected chi connectivity index (χ3v) is 2.76. The van der Waals surface area contributed by atoms with Crippen LogP contribution in [0.15, 0.2) is 30.9 Å². The largest absolute Gasteiger partial charge is 0.465 e. The summed E-state index contributed by atoms with van der Waals surface area (Å²) in [5.41, 5.74) is -0.935. The molecule has 0 amide bonds. The fourth-order valence-electron chi connectivity index (χ4n) is 1.60. The second-order valence-corrected chi connectivity index (χ2v) is 4.25. The minimum atomic E-state index is -1.06. The molecular formula is C14H16F2O2. The van der Waals surface area contributed by atoms with E-state index in [4.69, 9.17) is 4.74 Å². The Labute approximate surface area is 105 Å². The van der Waals surface area contributed by atoms with Crippen molar-refractivity contribution in [2.75, 3.05) is 6.61 Å². The Hall–Kier alpha value is -1.71. The Morgan fingerprint density at radius 3 is 2.72 bits per heavy atom. The zero-order valence-electron chi connectivity index (χ0n) is 10.5. The SMILES string of the molecule is C=CC(C)(Cc1cc(F)ccc1F)C(=O)OCC. The number of benzene rings is 1. The highest BCUT2D eigenvalue weighted by molar-refractivity contribution is 5.79. The molecule has 1 unspecified atom stereocenters. The highest BCUT2D eigenvalue weighted by atomic mass is 19.1. The van der Waals surface area contributed by atoms with Gasteiger partial charge in [0.05, 0.1) is 12.0 Å². The number of esters is 1. The molecule has 1 aromatic rings. The van der Waals surface area contributed by atoms with Crippen molar-refractivity contribution in [3.8, 4) is 0 Å². The Morgan fingerprint density at radius 2 is 2.17 bits per heavy atom. The van der Waals surface area contributed by atoms with E-state index < -0.39 is 23.0 Å². The van der Waals surface area contributed by atoms with Crippen LogP contribution in [-0.4, -0.2) is 12.6 Å². The Bertz CT molecular complexity index is 457. The molecule has 18 heavy (non-hydrogen) atoms. The molecule has 0 heterocycles. The molecule has 0 saturated heterocycles. The lowest BCUT2D eigenvalue weighted by Crippen LogP contribution is -2.30. The molecule has 98 valence electrons. The van der Waals surface area contributed by atoms with E-state index in [1.54, 1.807) is 13.8 Å². The monoisotopic (exact) mass is 254 g/mol. The van der Waals surface area contributed by atoms with Gasteiger partial charge in [-0.05, 0) is 44.0 Å². The van der Waals surface area contributed by atoms with Gasteiger partial charge >= 0.3 is 5.97 Å². The molecule has 0 aliphatic carbocycles. The first-order chi connectivity index (χ1) is 8.42. The summed E-state index contributed by atoms with van der Waals surface area (Å²) in [7, 11) is 0. The van der Waals surface area contributed by atoms with Crippen LogP contribution in [0.1, 0.15) is 19.4 Å². The van der Waals surface area contributed by atoms with E-state index in [2.05, 4.69) is 6.58 Å².